The van der Waals surface area contributed by atoms with Gasteiger partial charge in [0.1, 0.15) is 0 Å². The Kier molecular flexibility index (Phi) is 8.82. The fraction of sp³-hybridized carbons (Fsp3) is 0.462. The number of benzene rings is 2. The summed E-state index contributed by atoms with van der Waals surface area (Å²) in [5, 5.41) is 2.97. The van der Waals surface area contributed by atoms with E-state index in [1.54, 1.807) is 12.1 Å². The molecule has 2 aromatic rings. The molecular formula is C26H34N2O4. The van der Waals surface area contributed by atoms with Crippen LogP contribution in [-0.2, 0) is 20.8 Å². The zero-order valence-corrected chi connectivity index (χ0v) is 19.3. The van der Waals surface area contributed by atoms with E-state index in [9.17, 15) is 9.59 Å². The van der Waals surface area contributed by atoms with Crippen LogP contribution in [0.25, 0.3) is 0 Å². The number of hydrogen-bond donors (Lipinski definition) is 1. The quantitative estimate of drug-likeness (QED) is 0.597. The number of nitrogens with zero attached hydrogens (tertiary/aromatic N) is 1. The van der Waals surface area contributed by atoms with Gasteiger partial charge in [0, 0.05) is 19.6 Å². The molecule has 3 unspecified atom stereocenters. The number of ether oxygens (including phenoxy) is 2. The molecule has 0 radical (unpaired) electrons. The molecule has 3 rings (SSSR count). The molecule has 1 N–H and O–H groups in total. The van der Waals surface area contributed by atoms with Crippen LogP contribution in [0.15, 0.2) is 54.6 Å². The van der Waals surface area contributed by atoms with Gasteiger partial charge < -0.3 is 14.8 Å². The summed E-state index contributed by atoms with van der Waals surface area (Å²) < 4.78 is 11.0. The number of nitrogens with one attached hydrogen (secondary N) is 1. The Morgan fingerprint density at radius 2 is 1.72 bits per heavy atom. The van der Waals surface area contributed by atoms with Gasteiger partial charge in [-0.15, -0.1) is 0 Å². The molecule has 32 heavy (non-hydrogen) atoms. The smallest absolute Gasteiger partial charge is 0.338 e. The first kappa shape index (κ1) is 24.0. The summed E-state index contributed by atoms with van der Waals surface area (Å²) in [5.41, 5.74) is 2.62. The van der Waals surface area contributed by atoms with E-state index in [0.29, 0.717) is 5.56 Å². The maximum absolute atomic E-state index is 12.4. The van der Waals surface area contributed by atoms with Crippen molar-refractivity contribution >= 4 is 11.9 Å². The van der Waals surface area contributed by atoms with Crippen LogP contribution < -0.4 is 5.32 Å². The second-order valence-corrected chi connectivity index (χ2v) is 8.54. The Bertz CT molecular complexity index is 859. The average molecular weight is 439 g/mol. The SMILES string of the molecule is CCCC(NC(=O)COC(=O)c1ccc(CN2CC(C)OC(C)C2)cc1)c1ccccc1. The molecule has 3 atom stereocenters. The molecule has 1 aliphatic heterocycles. The topological polar surface area (TPSA) is 67.9 Å². The van der Waals surface area contributed by atoms with E-state index in [1.165, 1.54) is 0 Å². The van der Waals surface area contributed by atoms with Crippen LogP contribution in [0.2, 0.25) is 0 Å². The van der Waals surface area contributed by atoms with Crippen LogP contribution >= 0.6 is 0 Å². The van der Waals surface area contributed by atoms with Crippen LogP contribution in [0.4, 0.5) is 0 Å². The minimum absolute atomic E-state index is 0.0858. The lowest BCUT2D eigenvalue weighted by Crippen LogP contribution is -2.44. The Hall–Kier alpha value is -2.70. The molecular weight excluding hydrogens is 404 g/mol. The zero-order chi connectivity index (χ0) is 22.9. The number of amides is 1. The number of hydrogen-bond acceptors (Lipinski definition) is 5. The van der Waals surface area contributed by atoms with Crippen molar-refractivity contribution in [2.24, 2.45) is 0 Å². The van der Waals surface area contributed by atoms with Crippen molar-refractivity contribution in [3.05, 3.63) is 71.3 Å². The maximum atomic E-state index is 12.4. The van der Waals surface area contributed by atoms with Gasteiger partial charge in [-0.05, 0) is 43.5 Å². The van der Waals surface area contributed by atoms with Crippen LogP contribution in [0.3, 0.4) is 0 Å². The molecule has 1 amide bonds. The van der Waals surface area contributed by atoms with E-state index in [4.69, 9.17) is 9.47 Å². The first-order valence-corrected chi connectivity index (χ1v) is 11.4. The predicted octanol–water partition coefficient (Wildman–Crippen LogP) is 4.11. The minimum atomic E-state index is -0.493. The molecule has 1 aliphatic rings. The highest BCUT2D eigenvalue weighted by molar-refractivity contribution is 5.91. The number of carbonyl (C=O) groups excluding carboxylic acids is 2. The molecule has 0 saturated carbocycles. The molecule has 1 heterocycles. The van der Waals surface area contributed by atoms with E-state index >= 15 is 0 Å². The molecule has 2 aromatic carbocycles. The number of morpholine rings is 1. The third kappa shape index (κ3) is 7.18. The van der Waals surface area contributed by atoms with Crippen molar-refractivity contribution in [2.75, 3.05) is 19.7 Å². The summed E-state index contributed by atoms with van der Waals surface area (Å²) in [6, 6.07) is 17.1. The number of carbonyl (C=O) groups is 2. The van der Waals surface area contributed by atoms with Gasteiger partial charge in [0.25, 0.3) is 5.91 Å². The third-order valence-corrected chi connectivity index (χ3v) is 5.54. The van der Waals surface area contributed by atoms with Crippen molar-refractivity contribution in [2.45, 2.75) is 58.4 Å². The molecule has 6 heteroatoms. The van der Waals surface area contributed by atoms with E-state index in [0.717, 1.165) is 43.6 Å². The normalized spacial score (nSPS) is 19.8. The number of rotatable bonds is 9. The van der Waals surface area contributed by atoms with E-state index in [2.05, 4.69) is 31.0 Å². The zero-order valence-electron chi connectivity index (χ0n) is 19.3. The molecule has 1 saturated heterocycles. The maximum Gasteiger partial charge on any atom is 0.338 e. The number of esters is 1. The van der Waals surface area contributed by atoms with Crippen LogP contribution in [-0.4, -0.2) is 48.7 Å². The predicted molar refractivity (Wildman–Crippen MR) is 124 cm³/mol. The minimum Gasteiger partial charge on any atom is -0.452 e. The lowest BCUT2D eigenvalue weighted by atomic mass is 10.0. The van der Waals surface area contributed by atoms with E-state index in [-0.39, 0.29) is 30.8 Å². The van der Waals surface area contributed by atoms with E-state index < -0.39 is 5.97 Å². The van der Waals surface area contributed by atoms with Gasteiger partial charge in [-0.1, -0.05) is 55.8 Å². The third-order valence-electron chi connectivity index (χ3n) is 5.54. The lowest BCUT2D eigenvalue weighted by molar-refractivity contribution is -0.125. The summed E-state index contributed by atoms with van der Waals surface area (Å²) in [5.74, 6) is -0.792. The Labute approximate surface area is 190 Å². The monoisotopic (exact) mass is 438 g/mol. The van der Waals surface area contributed by atoms with Gasteiger partial charge in [0.05, 0.1) is 23.8 Å². The average Bonchev–Trinajstić information content (AvgIpc) is 2.77. The Balaban J connectivity index is 1.48. The van der Waals surface area contributed by atoms with Crippen LogP contribution in [0.1, 0.15) is 61.1 Å². The van der Waals surface area contributed by atoms with Crippen molar-refractivity contribution in [3.63, 3.8) is 0 Å². The molecule has 0 spiro atoms. The molecule has 6 nitrogen and oxygen atoms in total. The van der Waals surface area contributed by atoms with Gasteiger partial charge >= 0.3 is 5.97 Å². The van der Waals surface area contributed by atoms with Crippen LogP contribution in [0, 0.1) is 0 Å². The van der Waals surface area contributed by atoms with Crippen molar-refractivity contribution < 1.29 is 19.1 Å². The standard InChI is InChI=1S/C26H34N2O4/c1-4-8-24(22-9-6-5-7-10-22)27-25(29)18-31-26(30)23-13-11-21(12-14-23)17-28-15-19(2)32-20(3)16-28/h5-7,9-14,19-20,24H,4,8,15-18H2,1-3H3,(H,27,29). The van der Waals surface area contributed by atoms with Gasteiger partial charge in [0.15, 0.2) is 6.61 Å². The fourth-order valence-electron chi connectivity index (χ4n) is 4.16. The van der Waals surface area contributed by atoms with Gasteiger partial charge in [-0.3, -0.25) is 9.69 Å². The second kappa shape index (κ2) is 11.8. The Morgan fingerprint density at radius 3 is 2.34 bits per heavy atom. The van der Waals surface area contributed by atoms with Crippen molar-refractivity contribution in [1.29, 1.82) is 0 Å². The fourth-order valence-corrected chi connectivity index (χ4v) is 4.16. The lowest BCUT2D eigenvalue weighted by Gasteiger charge is -2.35. The summed E-state index contributed by atoms with van der Waals surface area (Å²) in [4.78, 5) is 27.1. The summed E-state index contributed by atoms with van der Waals surface area (Å²) >= 11 is 0. The highest BCUT2D eigenvalue weighted by atomic mass is 16.5. The van der Waals surface area contributed by atoms with Gasteiger partial charge in [-0.2, -0.15) is 0 Å². The van der Waals surface area contributed by atoms with Crippen LogP contribution in [0.5, 0.6) is 0 Å². The summed E-state index contributed by atoms with van der Waals surface area (Å²) in [6.07, 6.45) is 2.20. The first-order valence-electron chi connectivity index (χ1n) is 11.4. The molecule has 172 valence electrons. The van der Waals surface area contributed by atoms with E-state index in [1.807, 2.05) is 42.5 Å². The van der Waals surface area contributed by atoms with Crippen molar-refractivity contribution in [1.82, 2.24) is 10.2 Å². The van der Waals surface area contributed by atoms with Crippen molar-refractivity contribution in [3.8, 4) is 0 Å². The molecule has 1 fully saturated rings. The van der Waals surface area contributed by atoms with Gasteiger partial charge in [-0.25, -0.2) is 4.79 Å². The largest absolute Gasteiger partial charge is 0.452 e. The first-order chi connectivity index (χ1) is 15.4. The highest BCUT2D eigenvalue weighted by Crippen LogP contribution is 2.18. The Morgan fingerprint density at radius 1 is 1.06 bits per heavy atom. The van der Waals surface area contributed by atoms with Gasteiger partial charge in [0.2, 0.25) is 0 Å². The summed E-state index contributed by atoms with van der Waals surface area (Å²) in [7, 11) is 0. The highest BCUT2D eigenvalue weighted by Gasteiger charge is 2.22. The molecule has 0 aromatic heterocycles. The summed E-state index contributed by atoms with van der Waals surface area (Å²) in [6.45, 7) is 8.55. The second-order valence-electron chi connectivity index (χ2n) is 8.54. The molecule has 0 bridgehead atoms. The molecule has 0 aliphatic carbocycles.